The molecule has 1 aliphatic rings. The van der Waals surface area contributed by atoms with Crippen molar-refractivity contribution in [3.63, 3.8) is 0 Å². The molecule has 1 aromatic heterocycles. The summed E-state index contributed by atoms with van der Waals surface area (Å²) in [5.41, 5.74) is 6.64. The number of hydrogen-bond acceptors (Lipinski definition) is 5. The van der Waals surface area contributed by atoms with E-state index in [0.717, 1.165) is 11.1 Å². The average molecular weight is 382 g/mol. The van der Waals surface area contributed by atoms with E-state index < -0.39 is 11.7 Å². The van der Waals surface area contributed by atoms with Crippen molar-refractivity contribution in [1.29, 1.82) is 0 Å². The Morgan fingerprint density at radius 1 is 1.04 bits per heavy atom. The van der Waals surface area contributed by atoms with Gasteiger partial charge in [0.25, 0.3) is 11.9 Å². The van der Waals surface area contributed by atoms with Crippen LogP contribution in [0.3, 0.4) is 0 Å². The number of nitrogens with zero attached hydrogens (tertiary/aromatic N) is 2. The number of fused-ring (bicyclic) bond motifs is 1. The predicted octanol–water partition coefficient (Wildman–Crippen LogP) is 2.64. The van der Waals surface area contributed by atoms with Gasteiger partial charge in [-0.3, -0.25) is 20.4 Å². The molecular weight excluding hydrogens is 363 g/mol. The number of benzene rings is 2. The summed E-state index contributed by atoms with van der Waals surface area (Å²) < 4.78 is 18.7. The molecule has 2 heterocycles. The van der Waals surface area contributed by atoms with Crippen LogP contribution in [0.1, 0.15) is 23.2 Å². The quantitative estimate of drug-likeness (QED) is 0.680. The highest BCUT2D eigenvalue weighted by Crippen LogP contribution is 2.26. The molecule has 144 valence electrons. The third-order valence-electron chi connectivity index (χ3n) is 4.82. The van der Waals surface area contributed by atoms with Gasteiger partial charge in [0.05, 0.1) is 0 Å². The highest BCUT2D eigenvalue weighted by Gasteiger charge is 2.27. The van der Waals surface area contributed by atoms with Gasteiger partial charge in [-0.15, -0.1) is 0 Å². The van der Waals surface area contributed by atoms with Gasteiger partial charge < -0.3 is 9.32 Å². The van der Waals surface area contributed by atoms with Crippen LogP contribution in [0.25, 0.3) is 11.1 Å². The SMILES string of the molecule is O=C(NNC(=O)C1CCN(c2nc3ccccc3o2)CC1)c1ccc(F)cc1. The first-order valence-electron chi connectivity index (χ1n) is 9.06. The molecule has 0 radical (unpaired) electrons. The Labute approximate surface area is 160 Å². The fourth-order valence-electron chi connectivity index (χ4n) is 3.22. The molecule has 0 saturated carbocycles. The highest BCUT2D eigenvalue weighted by molar-refractivity contribution is 5.95. The maximum absolute atomic E-state index is 12.9. The zero-order valence-corrected chi connectivity index (χ0v) is 15.0. The van der Waals surface area contributed by atoms with E-state index in [0.29, 0.717) is 31.9 Å². The van der Waals surface area contributed by atoms with Gasteiger partial charge in [-0.1, -0.05) is 12.1 Å². The Morgan fingerprint density at radius 2 is 1.75 bits per heavy atom. The second-order valence-corrected chi connectivity index (χ2v) is 6.68. The number of carbonyl (C=O) groups is 2. The van der Waals surface area contributed by atoms with Gasteiger partial charge >= 0.3 is 0 Å². The van der Waals surface area contributed by atoms with Gasteiger partial charge in [-0.2, -0.15) is 4.98 Å². The molecule has 0 unspecified atom stereocenters. The number of halogens is 1. The number of oxazole rings is 1. The number of anilines is 1. The van der Waals surface area contributed by atoms with E-state index in [1.807, 2.05) is 29.2 Å². The Hall–Kier alpha value is -3.42. The molecule has 1 aliphatic heterocycles. The maximum Gasteiger partial charge on any atom is 0.298 e. The van der Waals surface area contributed by atoms with Crippen molar-refractivity contribution in [1.82, 2.24) is 15.8 Å². The fraction of sp³-hybridized carbons (Fsp3) is 0.250. The van der Waals surface area contributed by atoms with Crippen LogP contribution in [-0.4, -0.2) is 29.9 Å². The molecule has 0 atom stereocenters. The Bertz CT molecular complexity index is 961. The van der Waals surface area contributed by atoms with Crippen LogP contribution >= 0.6 is 0 Å². The molecule has 8 heteroatoms. The second kappa shape index (κ2) is 7.67. The summed E-state index contributed by atoms with van der Waals surface area (Å²) in [5.74, 6) is -1.37. The number of piperidine rings is 1. The van der Waals surface area contributed by atoms with E-state index in [-0.39, 0.29) is 17.4 Å². The lowest BCUT2D eigenvalue weighted by molar-refractivity contribution is -0.126. The number of para-hydroxylation sites is 2. The number of rotatable bonds is 3. The van der Waals surface area contributed by atoms with E-state index in [1.165, 1.54) is 24.3 Å². The molecule has 3 aromatic rings. The zero-order valence-electron chi connectivity index (χ0n) is 15.0. The number of nitrogens with one attached hydrogen (secondary N) is 2. The summed E-state index contributed by atoms with van der Waals surface area (Å²) >= 11 is 0. The van der Waals surface area contributed by atoms with Gasteiger partial charge in [-0.25, -0.2) is 4.39 Å². The summed E-state index contributed by atoms with van der Waals surface area (Å²) in [6.45, 7) is 1.27. The van der Waals surface area contributed by atoms with Gasteiger partial charge in [-0.05, 0) is 49.2 Å². The molecule has 4 rings (SSSR count). The van der Waals surface area contributed by atoms with Crippen LogP contribution < -0.4 is 15.8 Å². The van der Waals surface area contributed by atoms with E-state index in [1.54, 1.807) is 0 Å². The van der Waals surface area contributed by atoms with Crippen LogP contribution in [0, 0.1) is 11.7 Å². The third-order valence-corrected chi connectivity index (χ3v) is 4.82. The first kappa shape index (κ1) is 18.0. The highest BCUT2D eigenvalue weighted by atomic mass is 19.1. The first-order valence-corrected chi connectivity index (χ1v) is 9.06. The summed E-state index contributed by atoms with van der Waals surface area (Å²) in [6, 6.07) is 13.2. The maximum atomic E-state index is 12.9. The molecule has 28 heavy (non-hydrogen) atoms. The van der Waals surface area contributed by atoms with Crippen LogP contribution in [0.5, 0.6) is 0 Å². The summed E-state index contributed by atoms with van der Waals surface area (Å²) in [4.78, 5) is 30.8. The Balaban J connectivity index is 1.29. The minimum absolute atomic E-state index is 0.214. The molecule has 2 N–H and O–H groups in total. The van der Waals surface area contributed by atoms with Crippen LogP contribution in [-0.2, 0) is 4.79 Å². The van der Waals surface area contributed by atoms with Gasteiger partial charge in [0.2, 0.25) is 5.91 Å². The number of amides is 2. The number of carbonyl (C=O) groups excluding carboxylic acids is 2. The lowest BCUT2D eigenvalue weighted by atomic mass is 9.96. The molecule has 2 amide bonds. The van der Waals surface area contributed by atoms with Crippen LogP contribution in [0.4, 0.5) is 10.4 Å². The lowest BCUT2D eigenvalue weighted by Crippen LogP contribution is -2.47. The summed E-state index contributed by atoms with van der Waals surface area (Å²) in [6.07, 6.45) is 1.24. The standard InChI is InChI=1S/C20H19FN4O3/c21-15-7-5-13(6-8-15)18(26)23-24-19(27)14-9-11-25(12-10-14)20-22-16-3-1-2-4-17(16)28-20/h1-8,14H,9-12H2,(H,23,26)(H,24,27). The number of hydrazine groups is 1. The van der Waals surface area contributed by atoms with Crippen LogP contribution in [0.15, 0.2) is 52.9 Å². The summed E-state index contributed by atoms with van der Waals surface area (Å²) in [7, 11) is 0. The number of aromatic nitrogens is 1. The van der Waals surface area contributed by atoms with Crippen molar-refractivity contribution >= 4 is 28.9 Å². The van der Waals surface area contributed by atoms with Crippen LogP contribution in [0.2, 0.25) is 0 Å². The molecule has 0 bridgehead atoms. The predicted molar refractivity (Wildman–Crippen MR) is 101 cm³/mol. The Morgan fingerprint density at radius 3 is 2.46 bits per heavy atom. The van der Waals surface area contributed by atoms with E-state index in [9.17, 15) is 14.0 Å². The monoisotopic (exact) mass is 382 g/mol. The molecular formula is C20H19FN4O3. The van der Waals surface area contributed by atoms with Gasteiger partial charge in [0, 0.05) is 24.6 Å². The molecule has 0 spiro atoms. The minimum Gasteiger partial charge on any atom is -0.423 e. The van der Waals surface area contributed by atoms with Gasteiger partial charge in [0.15, 0.2) is 5.58 Å². The van der Waals surface area contributed by atoms with Crippen molar-refractivity contribution in [3.8, 4) is 0 Å². The molecule has 0 aliphatic carbocycles. The topological polar surface area (TPSA) is 87.5 Å². The fourth-order valence-corrected chi connectivity index (χ4v) is 3.22. The van der Waals surface area contributed by atoms with Crippen molar-refractivity contribution in [3.05, 3.63) is 59.9 Å². The summed E-state index contributed by atoms with van der Waals surface area (Å²) in [5, 5.41) is 0. The van der Waals surface area contributed by atoms with Gasteiger partial charge in [0.1, 0.15) is 11.3 Å². The van der Waals surface area contributed by atoms with Crippen molar-refractivity contribution in [2.45, 2.75) is 12.8 Å². The minimum atomic E-state index is -0.489. The lowest BCUT2D eigenvalue weighted by Gasteiger charge is -2.30. The number of hydrogen-bond donors (Lipinski definition) is 2. The zero-order chi connectivity index (χ0) is 19.5. The molecule has 1 fully saturated rings. The van der Waals surface area contributed by atoms with Crippen molar-refractivity contribution in [2.24, 2.45) is 5.92 Å². The van der Waals surface area contributed by atoms with E-state index in [2.05, 4.69) is 15.8 Å². The molecule has 2 aromatic carbocycles. The largest absolute Gasteiger partial charge is 0.423 e. The van der Waals surface area contributed by atoms with Crippen molar-refractivity contribution in [2.75, 3.05) is 18.0 Å². The normalized spacial score (nSPS) is 14.8. The third kappa shape index (κ3) is 3.80. The van der Waals surface area contributed by atoms with E-state index in [4.69, 9.17) is 4.42 Å². The average Bonchev–Trinajstić information content (AvgIpc) is 3.16. The first-order chi connectivity index (χ1) is 13.6. The van der Waals surface area contributed by atoms with E-state index >= 15 is 0 Å². The smallest absolute Gasteiger partial charge is 0.298 e. The Kier molecular flexibility index (Phi) is 4.92. The van der Waals surface area contributed by atoms with Crippen molar-refractivity contribution < 1.29 is 18.4 Å². The molecule has 7 nitrogen and oxygen atoms in total. The second-order valence-electron chi connectivity index (χ2n) is 6.68. The molecule has 1 saturated heterocycles.